The zero-order chi connectivity index (χ0) is 17.4. The first-order valence-corrected chi connectivity index (χ1v) is 7.51. The average Bonchev–Trinajstić information content (AvgIpc) is 3.19. The maximum absolute atomic E-state index is 13.8. The summed E-state index contributed by atoms with van der Waals surface area (Å²) in [6.45, 7) is 0. The number of halogens is 1. The second-order valence-electron chi connectivity index (χ2n) is 5.39. The molecule has 0 spiro atoms. The number of carbonyl (C=O) groups excluding carboxylic acids is 2. The van der Waals surface area contributed by atoms with Crippen LogP contribution in [0.3, 0.4) is 0 Å². The summed E-state index contributed by atoms with van der Waals surface area (Å²) in [6, 6.07) is 15.9. The van der Waals surface area contributed by atoms with Crippen molar-refractivity contribution < 1.29 is 18.4 Å². The smallest absolute Gasteiger partial charge is 0.282 e. The summed E-state index contributed by atoms with van der Waals surface area (Å²) < 4.78 is 19.3. The molecule has 5 nitrogen and oxygen atoms in total. The van der Waals surface area contributed by atoms with Gasteiger partial charge in [-0.05, 0) is 36.4 Å². The molecule has 0 fully saturated rings. The molecule has 0 unspecified atom stereocenters. The molecule has 3 aromatic rings. The van der Waals surface area contributed by atoms with E-state index in [4.69, 9.17) is 4.42 Å². The van der Waals surface area contributed by atoms with Crippen LogP contribution in [0.5, 0.6) is 0 Å². The number of furan rings is 1. The fourth-order valence-corrected chi connectivity index (χ4v) is 2.62. The summed E-state index contributed by atoms with van der Waals surface area (Å²) in [4.78, 5) is 24.4. The number of amides is 2. The monoisotopic (exact) mass is 334 g/mol. The number of nitrogens with zero attached hydrogens (tertiary/aromatic N) is 2. The van der Waals surface area contributed by atoms with Gasteiger partial charge in [0, 0.05) is 0 Å². The lowest BCUT2D eigenvalue weighted by Crippen LogP contribution is -2.23. The minimum Gasteiger partial charge on any atom is -0.455 e. The van der Waals surface area contributed by atoms with Gasteiger partial charge in [-0.1, -0.05) is 24.3 Å². The summed E-state index contributed by atoms with van der Waals surface area (Å²) in [7, 11) is 0. The van der Waals surface area contributed by atoms with Gasteiger partial charge in [0.15, 0.2) is 0 Å². The van der Waals surface area contributed by atoms with Gasteiger partial charge in [-0.2, -0.15) is 10.1 Å². The summed E-state index contributed by atoms with van der Waals surface area (Å²) >= 11 is 0. The molecule has 4 rings (SSSR count). The van der Waals surface area contributed by atoms with Gasteiger partial charge in [-0.3, -0.25) is 9.59 Å². The Labute approximate surface area is 142 Å². The van der Waals surface area contributed by atoms with Crippen molar-refractivity contribution >= 4 is 18.0 Å². The van der Waals surface area contributed by atoms with Crippen molar-refractivity contribution in [3.8, 4) is 11.3 Å². The summed E-state index contributed by atoms with van der Waals surface area (Å²) in [5.41, 5.74) is 0.954. The first-order valence-electron chi connectivity index (χ1n) is 7.51. The average molecular weight is 334 g/mol. The molecule has 1 aliphatic rings. The molecule has 6 heteroatoms. The van der Waals surface area contributed by atoms with Gasteiger partial charge in [0.25, 0.3) is 11.8 Å². The normalized spacial score (nSPS) is 13.7. The number of benzene rings is 2. The maximum atomic E-state index is 13.8. The Bertz CT molecular complexity index is 988. The van der Waals surface area contributed by atoms with Gasteiger partial charge in [0.1, 0.15) is 17.3 Å². The van der Waals surface area contributed by atoms with Crippen molar-refractivity contribution in [3.05, 3.63) is 83.4 Å². The standard InChI is InChI=1S/C19H11FN2O3/c20-16-8-4-3-7-15(16)17-10-9-12(25-17)11-21-22-18(23)13-5-1-2-6-14(13)19(22)24/h1-11H/b21-11-. The SMILES string of the molecule is O=C1c2ccccc2C(=O)N1/N=C\c1ccc(-c2ccccc2F)o1. The Balaban J connectivity index is 1.59. The molecule has 2 amide bonds. The first-order chi connectivity index (χ1) is 12.1. The van der Waals surface area contributed by atoms with E-state index in [0.717, 1.165) is 5.01 Å². The molecule has 0 N–H and O–H groups in total. The van der Waals surface area contributed by atoms with E-state index >= 15 is 0 Å². The zero-order valence-corrected chi connectivity index (χ0v) is 12.8. The van der Waals surface area contributed by atoms with Crippen LogP contribution in [-0.2, 0) is 0 Å². The molecule has 2 heterocycles. The van der Waals surface area contributed by atoms with Crippen molar-refractivity contribution in [1.82, 2.24) is 5.01 Å². The van der Waals surface area contributed by atoms with E-state index in [2.05, 4.69) is 5.10 Å². The quantitative estimate of drug-likeness (QED) is 0.542. The Morgan fingerprint density at radius 3 is 2.08 bits per heavy atom. The molecule has 0 saturated carbocycles. The van der Waals surface area contributed by atoms with Crippen molar-refractivity contribution in [1.29, 1.82) is 0 Å². The van der Waals surface area contributed by atoms with E-state index in [-0.39, 0.29) is 0 Å². The lowest BCUT2D eigenvalue weighted by molar-refractivity contribution is 0.0660. The molecule has 0 saturated heterocycles. The summed E-state index contributed by atoms with van der Waals surface area (Å²) in [5.74, 6) is -0.743. The number of hydrogen-bond donors (Lipinski definition) is 0. The second kappa shape index (κ2) is 5.83. The molecule has 0 aliphatic carbocycles. The highest BCUT2D eigenvalue weighted by Crippen LogP contribution is 2.25. The number of carbonyl (C=O) groups is 2. The van der Waals surface area contributed by atoms with E-state index < -0.39 is 17.6 Å². The molecular weight excluding hydrogens is 323 g/mol. The third kappa shape index (κ3) is 2.53. The van der Waals surface area contributed by atoms with Gasteiger partial charge in [-0.15, -0.1) is 0 Å². The van der Waals surface area contributed by atoms with E-state index in [9.17, 15) is 14.0 Å². The van der Waals surface area contributed by atoms with Crippen LogP contribution in [0.1, 0.15) is 26.5 Å². The largest absolute Gasteiger partial charge is 0.455 e. The van der Waals surface area contributed by atoms with Crippen molar-refractivity contribution in [2.24, 2.45) is 5.10 Å². The van der Waals surface area contributed by atoms with Crippen LogP contribution in [0.15, 0.2) is 70.2 Å². The molecule has 25 heavy (non-hydrogen) atoms. The minimum atomic E-state index is -0.488. The maximum Gasteiger partial charge on any atom is 0.282 e. The third-order valence-electron chi connectivity index (χ3n) is 3.84. The first kappa shape index (κ1) is 15.0. The highest BCUT2D eigenvalue weighted by atomic mass is 19.1. The van der Waals surface area contributed by atoms with Crippen LogP contribution >= 0.6 is 0 Å². The topological polar surface area (TPSA) is 62.9 Å². The minimum absolute atomic E-state index is 0.301. The highest BCUT2D eigenvalue weighted by molar-refractivity contribution is 6.21. The van der Waals surface area contributed by atoms with E-state index in [1.54, 1.807) is 54.6 Å². The van der Waals surface area contributed by atoms with Crippen LogP contribution in [0.4, 0.5) is 4.39 Å². The number of imide groups is 1. The Hall–Kier alpha value is -3.54. The lowest BCUT2D eigenvalue weighted by Gasteiger charge is -2.04. The zero-order valence-electron chi connectivity index (χ0n) is 12.8. The van der Waals surface area contributed by atoms with E-state index in [1.807, 2.05) is 0 Å². The van der Waals surface area contributed by atoms with Gasteiger partial charge in [0.05, 0.1) is 22.9 Å². The Morgan fingerprint density at radius 2 is 1.44 bits per heavy atom. The summed E-state index contributed by atoms with van der Waals surface area (Å²) in [6.07, 6.45) is 1.26. The number of rotatable bonds is 3. The fourth-order valence-electron chi connectivity index (χ4n) is 2.62. The van der Waals surface area contributed by atoms with Crippen LogP contribution in [-0.4, -0.2) is 23.0 Å². The highest BCUT2D eigenvalue weighted by Gasteiger charge is 2.35. The van der Waals surface area contributed by atoms with Gasteiger partial charge in [-0.25, -0.2) is 4.39 Å². The molecule has 0 atom stereocenters. The molecule has 0 radical (unpaired) electrons. The second-order valence-corrected chi connectivity index (χ2v) is 5.39. The van der Waals surface area contributed by atoms with Gasteiger partial charge in [0.2, 0.25) is 0 Å². The molecular formula is C19H11FN2O3. The number of hydrogen-bond acceptors (Lipinski definition) is 4. The summed E-state index contributed by atoms with van der Waals surface area (Å²) in [5, 5.41) is 4.71. The molecule has 1 aliphatic heterocycles. The molecule has 2 aromatic carbocycles. The van der Waals surface area contributed by atoms with Crippen LogP contribution in [0.2, 0.25) is 0 Å². The predicted molar refractivity (Wildman–Crippen MR) is 88.6 cm³/mol. The Morgan fingerprint density at radius 1 is 0.840 bits per heavy atom. The Kier molecular flexibility index (Phi) is 3.50. The van der Waals surface area contributed by atoms with Crippen molar-refractivity contribution in [3.63, 3.8) is 0 Å². The molecule has 0 bridgehead atoms. The van der Waals surface area contributed by atoms with E-state index in [0.29, 0.717) is 28.2 Å². The van der Waals surface area contributed by atoms with Crippen LogP contribution in [0.25, 0.3) is 11.3 Å². The lowest BCUT2D eigenvalue weighted by atomic mass is 10.1. The van der Waals surface area contributed by atoms with Gasteiger partial charge >= 0.3 is 0 Å². The van der Waals surface area contributed by atoms with Crippen LogP contribution in [0, 0.1) is 5.82 Å². The fraction of sp³-hybridized carbons (Fsp3) is 0. The van der Waals surface area contributed by atoms with Crippen molar-refractivity contribution in [2.75, 3.05) is 0 Å². The number of hydrazone groups is 1. The van der Waals surface area contributed by atoms with Crippen molar-refractivity contribution in [2.45, 2.75) is 0 Å². The molecule has 1 aromatic heterocycles. The third-order valence-corrected chi connectivity index (χ3v) is 3.84. The van der Waals surface area contributed by atoms with Crippen LogP contribution < -0.4 is 0 Å². The van der Waals surface area contributed by atoms with Gasteiger partial charge < -0.3 is 4.42 Å². The molecule has 122 valence electrons. The predicted octanol–water partition coefficient (Wildman–Crippen LogP) is 3.72. The van der Waals surface area contributed by atoms with E-state index in [1.165, 1.54) is 12.3 Å². The number of fused-ring (bicyclic) bond motifs is 1.